The van der Waals surface area contributed by atoms with Gasteiger partial charge in [-0.2, -0.15) is 0 Å². The summed E-state index contributed by atoms with van der Waals surface area (Å²) in [4.78, 5) is 34.8. The second kappa shape index (κ2) is 10.5. The Kier molecular flexibility index (Phi) is 7.84. The van der Waals surface area contributed by atoms with Gasteiger partial charge in [0.05, 0.1) is 22.5 Å². The number of nitro benzene ring substituents is 1. The molecule has 10 nitrogen and oxygen atoms in total. The molecule has 2 aromatic rings. The molecule has 0 spiro atoms. The van der Waals surface area contributed by atoms with Gasteiger partial charge in [0.2, 0.25) is 0 Å². The zero-order chi connectivity index (χ0) is 23.0. The number of esters is 1. The van der Waals surface area contributed by atoms with Gasteiger partial charge in [-0.15, -0.1) is 0 Å². The number of ether oxygens (including phenoxy) is 2. The summed E-state index contributed by atoms with van der Waals surface area (Å²) < 4.78 is 10.2. The van der Waals surface area contributed by atoms with E-state index in [0.29, 0.717) is 5.75 Å². The molecule has 0 aromatic heterocycles. The molecule has 0 N–H and O–H groups in total. The lowest BCUT2D eigenvalue weighted by molar-refractivity contribution is -0.421. The quantitative estimate of drug-likeness (QED) is 0.196. The van der Waals surface area contributed by atoms with E-state index in [1.165, 1.54) is 24.4 Å². The molecule has 0 amide bonds. The van der Waals surface area contributed by atoms with Crippen LogP contribution in [-0.4, -0.2) is 41.9 Å². The van der Waals surface area contributed by atoms with E-state index in [4.69, 9.17) is 4.74 Å². The molecule has 10 heteroatoms. The SMILES string of the molecule is COC(=O)C(=CC(=CN(C)C)c1cc(OCc2ccccc2)ccc1[N+](=O)[O-])[N+](=O)[O-]. The molecule has 0 aliphatic heterocycles. The molecule has 0 unspecified atom stereocenters. The molecular formula is C21H21N3O7. The summed E-state index contributed by atoms with van der Waals surface area (Å²) in [6.07, 6.45) is 2.37. The number of hydrogen-bond donors (Lipinski definition) is 0. The van der Waals surface area contributed by atoms with Crippen LogP contribution in [-0.2, 0) is 16.1 Å². The van der Waals surface area contributed by atoms with Crippen molar-refractivity contribution in [2.45, 2.75) is 6.61 Å². The third-order valence-electron chi connectivity index (χ3n) is 4.00. The summed E-state index contributed by atoms with van der Waals surface area (Å²) in [5.74, 6) is -0.850. The minimum absolute atomic E-state index is 0.0486. The molecule has 0 saturated heterocycles. The first-order valence-electron chi connectivity index (χ1n) is 9.01. The van der Waals surface area contributed by atoms with Crippen molar-refractivity contribution in [2.75, 3.05) is 21.2 Å². The minimum Gasteiger partial charge on any atom is -0.489 e. The van der Waals surface area contributed by atoms with Crippen LogP contribution in [0.1, 0.15) is 11.1 Å². The molecule has 0 bridgehead atoms. The van der Waals surface area contributed by atoms with Gasteiger partial charge in [0.1, 0.15) is 12.4 Å². The van der Waals surface area contributed by atoms with Gasteiger partial charge >= 0.3 is 11.7 Å². The number of nitro groups is 2. The molecule has 0 heterocycles. The molecule has 0 aliphatic carbocycles. The van der Waals surface area contributed by atoms with Crippen molar-refractivity contribution in [1.82, 2.24) is 4.90 Å². The first-order chi connectivity index (χ1) is 14.7. The summed E-state index contributed by atoms with van der Waals surface area (Å²) >= 11 is 0. The van der Waals surface area contributed by atoms with Crippen LogP contribution in [0.3, 0.4) is 0 Å². The topological polar surface area (TPSA) is 125 Å². The molecule has 162 valence electrons. The summed E-state index contributed by atoms with van der Waals surface area (Å²) in [5, 5.41) is 22.9. The van der Waals surface area contributed by atoms with Crippen LogP contribution in [0.5, 0.6) is 5.75 Å². The maximum absolute atomic E-state index is 11.8. The van der Waals surface area contributed by atoms with Crippen molar-refractivity contribution < 1.29 is 24.1 Å². The summed E-state index contributed by atoms with van der Waals surface area (Å²) in [7, 11) is 4.29. The molecule has 0 aliphatic rings. The highest BCUT2D eigenvalue weighted by molar-refractivity contribution is 5.91. The smallest absolute Gasteiger partial charge is 0.409 e. The fraction of sp³-hybridized carbons (Fsp3) is 0.190. The zero-order valence-electron chi connectivity index (χ0n) is 17.2. The maximum Gasteiger partial charge on any atom is 0.409 e. The van der Waals surface area contributed by atoms with Gasteiger partial charge in [-0.25, -0.2) is 4.79 Å². The molecule has 0 fully saturated rings. The fourth-order valence-corrected chi connectivity index (χ4v) is 2.64. The Morgan fingerprint density at radius 3 is 2.32 bits per heavy atom. The van der Waals surface area contributed by atoms with E-state index >= 15 is 0 Å². The van der Waals surface area contributed by atoms with Crippen molar-refractivity contribution in [3.8, 4) is 5.75 Å². The monoisotopic (exact) mass is 427 g/mol. The van der Waals surface area contributed by atoms with E-state index in [1.54, 1.807) is 19.0 Å². The molecule has 0 atom stereocenters. The number of methoxy groups -OCH3 is 1. The zero-order valence-corrected chi connectivity index (χ0v) is 17.2. The normalized spacial score (nSPS) is 11.6. The van der Waals surface area contributed by atoms with Crippen LogP contribution >= 0.6 is 0 Å². The Morgan fingerprint density at radius 2 is 1.77 bits per heavy atom. The van der Waals surface area contributed by atoms with Gasteiger partial charge in [-0.05, 0) is 17.7 Å². The van der Waals surface area contributed by atoms with E-state index < -0.39 is 21.5 Å². The van der Waals surface area contributed by atoms with Gasteiger partial charge in [-0.3, -0.25) is 20.2 Å². The van der Waals surface area contributed by atoms with Crippen LogP contribution in [0.15, 0.2) is 66.5 Å². The summed E-state index contributed by atoms with van der Waals surface area (Å²) in [5.41, 5.74) is -0.149. The van der Waals surface area contributed by atoms with Crippen molar-refractivity contribution in [1.29, 1.82) is 0 Å². The van der Waals surface area contributed by atoms with E-state index in [0.717, 1.165) is 18.7 Å². The molecular weight excluding hydrogens is 406 g/mol. The Hall–Kier alpha value is -4.21. The number of benzene rings is 2. The summed E-state index contributed by atoms with van der Waals surface area (Å²) in [6, 6.07) is 13.4. The molecule has 0 radical (unpaired) electrons. The van der Waals surface area contributed by atoms with E-state index in [2.05, 4.69) is 4.74 Å². The molecule has 2 rings (SSSR count). The highest BCUT2D eigenvalue weighted by Gasteiger charge is 2.26. The average molecular weight is 427 g/mol. The number of allylic oxidation sites excluding steroid dienone is 2. The number of nitrogens with zero attached hydrogens (tertiary/aromatic N) is 3. The highest BCUT2D eigenvalue weighted by atomic mass is 16.6. The molecule has 0 saturated carbocycles. The van der Waals surface area contributed by atoms with Gasteiger partial charge < -0.3 is 14.4 Å². The van der Waals surface area contributed by atoms with Gasteiger partial charge in [0.25, 0.3) is 5.69 Å². The third kappa shape index (κ3) is 6.39. The number of carbonyl (C=O) groups excluding carboxylic acids is 1. The molecule has 2 aromatic carbocycles. The van der Waals surface area contributed by atoms with Crippen LogP contribution in [0.25, 0.3) is 5.57 Å². The van der Waals surface area contributed by atoms with Crippen LogP contribution in [0.4, 0.5) is 5.69 Å². The summed E-state index contributed by atoms with van der Waals surface area (Å²) in [6.45, 7) is 0.225. The number of rotatable bonds is 9. The predicted molar refractivity (Wildman–Crippen MR) is 113 cm³/mol. The highest BCUT2D eigenvalue weighted by Crippen LogP contribution is 2.32. The second-order valence-electron chi connectivity index (χ2n) is 6.54. The Bertz CT molecular complexity index is 1030. The minimum atomic E-state index is -1.17. The first-order valence-corrected chi connectivity index (χ1v) is 9.01. The second-order valence-corrected chi connectivity index (χ2v) is 6.54. The van der Waals surface area contributed by atoms with Crippen molar-refractivity contribution in [3.05, 3.63) is 97.9 Å². The Balaban J connectivity index is 2.56. The fourth-order valence-electron chi connectivity index (χ4n) is 2.64. The number of carbonyl (C=O) groups is 1. The maximum atomic E-state index is 11.8. The molecule has 31 heavy (non-hydrogen) atoms. The van der Waals surface area contributed by atoms with Crippen molar-refractivity contribution in [2.24, 2.45) is 0 Å². The van der Waals surface area contributed by atoms with Crippen LogP contribution in [0, 0.1) is 20.2 Å². The number of hydrogen-bond acceptors (Lipinski definition) is 8. The lowest BCUT2D eigenvalue weighted by Crippen LogP contribution is -2.14. The van der Waals surface area contributed by atoms with Gasteiger partial charge in [0.15, 0.2) is 0 Å². The van der Waals surface area contributed by atoms with Gasteiger partial charge in [0, 0.05) is 38.0 Å². The largest absolute Gasteiger partial charge is 0.489 e. The van der Waals surface area contributed by atoms with E-state index in [1.807, 2.05) is 30.3 Å². The third-order valence-corrected chi connectivity index (χ3v) is 4.00. The first kappa shape index (κ1) is 23.1. The Labute approximate surface area is 178 Å². The average Bonchev–Trinajstić information content (AvgIpc) is 2.74. The lowest BCUT2D eigenvalue weighted by Gasteiger charge is -2.12. The van der Waals surface area contributed by atoms with Crippen molar-refractivity contribution in [3.63, 3.8) is 0 Å². The predicted octanol–water partition coefficient (Wildman–Crippen LogP) is 3.41. The van der Waals surface area contributed by atoms with Crippen LogP contribution < -0.4 is 4.74 Å². The van der Waals surface area contributed by atoms with Crippen molar-refractivity contribution >= 4 is 17.2 Å². The van der Waals surface area contributed by atoms with E-state index in [9.17, 15) is 25.0 Å². The van der Waals surface area contributed by atoms with E-state index in [-0.39, 0.29) is 23.4 Å². The van der Waals surface area contributed by atoms with Gasteiger partial charge in [-0.1, -0.05) is 30.3 Å². The standard InChI is InChI=1S/C21H21N3O7/c1-22(2)13-16(11-20(24(28)29)21(25)30-3)18-12-17(9-10-19(18)23(26)27)31-14-15-7-5-4-6-8-15/h4-13H,14H2,1-3H3. The lowest BCUT2D eigenvalue weighted by atomic mass is 10.0. The Morgan fingerprint density at radius 1 is 1.10 bits per heavy atom. The van der Waals surface area contributed by atoms with Crippen LogP contribution in [0.2, 0.25) is 0 Å².